The molecule has 0 aliphatic heterocycles. The highest BCUT2D eigenvalue weighted by Crippen LogP contribution is 2.22. The highest BCUT2D eigenvalue weighted by molar-refractivity contribution is 7.92. The maximum Gasteiger partial charge on any atom is 0.244 e. The van der Waals surface area contributed by atoms with Gasteiger partial charge in [0.1, 0.15) is 12.6 Å². The highest BCUT2D eigenvalue weighted by Gasteiger charge is 2.30. The first-order chi connectivity index (χ1) is 15.8. The number of hydrogen-bond donors (Lipinski definition) is 1. The van der Waals surface area contributed by atoms with E-state index in [1.807, 2.05) is 39.0 Å². The lowest BCUT2D eigenvalue weighted by Crippen LogP contribution is -2.51. The highest BCUT2D eigenvalue weighted by atomic mass is 32.2. The van der Waals surface area contributed by atoms with Crippen molar-refractivity contribution in [1.29, 1.82) is 0 Å². The van der Waals surface area contributed by atoms with Crippen molar-refractivity contribution >= 4 is 27.5 Å². The summed E-state index contributed by atoms with van der Waals surface area (Å²) in [5.41, 5.74) is 1.50. The lowest BCUT2D eigenvalue weighted by atomic mass is 10.1. The number of amides is 2. The number of sulfonamides is 1. The average molecular weight is 496 g/mol. The summed E-state index contributed by atoms with van der Waals surface area (Å²) >= 11 is 0. The van der Waals surface area contributed by atoms with Crippen molar-refractivity contribution in [2.24, 2.45) is 5.92 Å². The molecule has 0 radical (unpaired) electrons. The van der Waals surface area contributed by atoms with Crippen molar-refractivity contribution < 1.29 is 26.8 Å². The average Bonchev–Trinajstić information content (AvgIpc) is 2.75. The maximum absolute atomic E-state index is 13.8. The molecule has 0 bridgehead atoms. The molecule has 0 spiro atoms. The van der Waals surface area contributed by atoms with Gasteiger partial charge in [-0.2, -0.15) is 0 Å². The Morgan fingerprint density at radius 1 is 1.03 bits per heavy atom. The Bertz CT molecular complexity index is 1140. The first kappa shape index (κ1) is 27.2. The molecule has 186 valence electrons. The molecule has 2 aromatic rings. The minimum absolute atomic E-state index is 0.0666. The Kier molecular flexibility index (Phi) is 9.14. The lowest BCUT2D eigenvalue weighted by molar-refractivity contribution is -0.139. The summed E-state index contributed by atoms with van der Waals surface area (Å²) in [7, 11) is -4.03. The smallest absolute Gasteiger partial charge is 0.244 e. The number of rotatable bonds is 10. The zero-order chi connectivity index (χ0) is 25.6. The second-order valence-electron chi connectivity index (χ2n) is 8.63. The normalized spacial score (nSPS) is 12.4. The van der Waals surface area contributed by atoms with Crippen molar-refractivity contribution in [2.75, 3.05) is 23.7 Å². The van der Waals surface area contributed by atoms with Gasteiger partial charge in [-0.05, 0) is 43.0 Å². The van der Waals surface area contributed by atoms with Gasteiger partial charge >= 0.3 is 0 Å². The fourth-order valence-electron chi connectivity index (χ4n) is 3.26. The molecular weight excluding hydrogens is 464 g/mol. The van der Waals surface area contributed by atoms with Crippen LogP contribution >= 0.6 is 0 Å². The third kappa shape index (κ3) is 7.24. The van der Waals surface area contributed by atoms with Crippen LogP contribution in [0.25, 0.3) is 0 Å². The summed E-state index contributed by atoms with van der Waals surface area (Å²) < 4.78 is 52.8. The van der Waals surface area contributed by atoms with Gasteiger partial charge in [-0.3, -0.25) is 13.9 Å². The maximum atomic E-state index is 13.8. The molecule has 1 atom stereocenters. The van der Waals surface area contributed by atoms with Gasteiger partial charge in [0.2, 0.25) is 21.8 Å². The van der Waals surface area contributed by atoms with Crippen LogP contribution in [-0.2, 0) is 26.2 Å². The molecule has 1 N–H and O–H groups in total. The number of carbonyl (C=O) groups is 2. The summed E-state index contributed by atoms with van der Waals surface area (Å²) in [6.45, 7) is 7.11. The predicted molar refractivity (Wildman–Crippen MR) is 128 cm³/mol. The third-order valence-electron chi connectivity index (χ3n) is 5.32. The zero-order valence-electron chi connectivity index (χ0n) is 20.0. The standard InChI is InChI=1S/C24H31F2N3O4S/c1-16(2)13-27-24(31)18(4)28(14-19-9-7-6-8-17(19)3)23(30)15-29(34(5,32)33)20-10-11-21(25)22(26)12-20/h6-12,16,18H,13-15H2,1-5H3,(H,27,31)/t18-/m1/s1. The van der Waals surface area contributed by atoms with Gasteiger partial charge in [0.25, 0.3) is 0 Å². The van der Waals surface area contributed by atoms with Gasteiger partial charge in [-0.1, -0.05) is 38.1 Å². The van der Waals surface area contributed by atoms with Crippen molar-refractivity contribution in [2.45, 2.75) is 40.3 Å². The van der Waals surface area contributed by atoms with Crippen LogP contribution in [0.4, 0.5) is 14.5 Å². The predicted octanol–water partition coefficient (Wildman–Crippen LogP) is 3.23. The summed E-state index contributed by atoms with van der Waals surface area (Å²) in [6, 6.07) is 9.02. The van der Waals surface area contributed by atoms with E-state index in [0.717, 1.165) is 29.5 Å². The molecule has 2 amide bonds. The minimum atomic E-state index is -4.03. The zero-order valence-corrected chi connectivity index (χ0v) is 20.8. The van der Waals surface area contributed by atoms with E-state index in [-0.39, 0.29) is 24.1 Å². The molecule has 0 aromatic heterocycles. The Morgan fingerprint density at radius 2 is 1.68 bits per heavy atom. The van der Waals surface area contributed by atoms with Crippen LogP contribution in [0.2, 0.25) is 0 Å². The fourth-order valence-corrected chi connectivity index (χ4v) is 4.10. The SMILES string of the molecule is Cc1ccccc1CN(C(=O)CN(c1ccc(F)c(F)c1)S(C)(=O)=O)[C@H](C)C(=O)NCC(C)C. The third-order valence-corrected chi connectivity index (χ3v) is 6.46. The molecule has 0 fully saturated rings. The van der Waals surface area contributed by atoms with Gasteiger partial charge in [-0.15, -0.1) is 0 Å². The number of nitrogens with zero attached hydrogens (tertiary/aromatic N) is 2. The van der Waals surface area contributed by atoms with Gasteiger partial charge in [0.05, 0.1) is 11.9 Å². The number of nitrogens with one attached hydrogen (secondary N) is 1. The van der Waals surface area contributed by atoms with E-state index in [2.05, 4.69) is 5.32 Å². The van der Waals surface area contributed by atoms with E-state index < -0.39 is 40.2 Å². The van der Waals surface area contributed by atoms with E-state index in [1.54, 1.807) is 13.0 Å². The first-order valence-electron chi connectivity index (χ1n) is 10.9. The molecule has 0 saturated carbocycles. The Labute approximate surface area is 199 Å². The van der Waals surface area contributed by atoms with Crippen LogP contribution in [-0.4, -0.2) is 50.5 Å². The second-order valence-corrected chi connectivity index (χ2v) is 10.5. The van der Waals surface area contributed by atoms with Crippen molar-refractivity contribution in [3.63, 3.8) is 0 Å². The molecule has 0 aliphatic carbocycles. The Hall–Kier alpha value is -3.01. The van der Waals surface area contributed by atoms with E-state index >= 15 is 0 Å². The Morgan fingerprint density at radius 3 is 2.24 bits per heavy atom. The van der Waals surface area contributed by atoms with E-state index in [0.29, 0.717) is 16.9 Å². The summed E-state index contributed by atoms with van der Waals surface area (Å²) in [4.78, 5) is 27.5. The van der Waals surface area contributed by atoms with Crippen LogP contribution in [0.5, 0.6) is 0 Å². The van der Waals surface area contributed by atoms with Crippen LogP contribution in [0.15, 0.2) is 42.5 Å². The van der Waals surface area contributed by atoms with Gasteiger partial charge < -0.3 is 10.2 Å². The van der Waals surface area contributed by atoms with Gasteiger partial charge in [-0.25, -0.2) is 17.2 Å². The molecule has 0 aliphatic rings. The lowest BCUT2D eigenvalue weighted by Gasteiger charge is -2.32. The van der Waals surface area contributed by atoms with Crippen molar-refractivity contribution in [3.05, 3.63) is 65.2 Å². The van der Waals surface area contributed by atoms with E-state index in [4.69, 9.17) is 0 Å². The van der Waals surface area contributed by atoms with E-state index in [1.165, 1.54) is 4.90 Å². The molecule has 34 heavy (non-hydrogen) atoms. The number of anilines is 1. The van der Waals surface area contributed by atoms with E-state index in [9.17, 15) is 26.8 Å². The van der Waals surface area contributed by atoms with Crippen LogP contribution < -0.4 is 9.62 Å². The number of halogens is 2. The molecule has 0 saturated heterocycles. The summed E-state index contributed by atoms with van der Waals surface area (Å²) in [6.07, 6.45) is 0.867. The first-order valence-corrected chi connectivity index (χ1v) is 12.7. The molecule has 7 nitrogen and oxygen atoms in total. The molecule has 2 aromatic carbocycles. The van der Waals surface area contributed by atoms with Gasteiger partial charge in [0, 0.05) is 19.2 Å². The molecular formula is C24H31F2N3O4S. The molecule has 10 heteroatoms. The minimum Gasteiger partial charge on any atom is -0.354 e. The molecule has 0 heterocycles. The van der Waals surface area contributed by atoms with Crippen LogP contribution in [0.3, 0.4) is 0 Å². The molecule has 2 rings (SSSR count). The fraction of sp³-hybridized carbons (Fsp3) is 0.417. The summed E-state index contributed by atoms with van der Waals surface area (Å²) in [5.74, 6) is -3.22. The van der Waals surface area contributed by atoms with Crippen molar-refractivity contribution in [1.82, 2.24) is 10.2 Å². The largest absolute Gasteiger partial charge is 0.354 e. The Balaban J connectivity index is 2.40. The number of aryl methyl sites for hydroxylation is 1. The quantitative estimate of drug-likeness (QED) is 0.548. The second kappa shape index (κ2) is 11.4. The number of benzene rings is 2. The topological polar surface area (TPSA) is 86.8 Å². The van der Waals surface area contributed by atoms with Gasteiger partial charge in [0.15, 0.2) is 11.6 Å². The molecule has 0 unspecified atom stereocenters. The number of hydrogen-bond acceptors (Lipinski definition) is 4. The monoisotopic (exact) mass is 495 g/mol. The number of carbonyl (C=O) groups excluding carboxylic acids is 2. The van der Waals surface area contributed by atoms with Crippen LogP contribution in [0, 0.1) is 24.5 Å². The van der Waals surface area contributed by atoms with Crippen molar-refractivity contribution in [3.8, 4) is 0 Å². The summed E-state index contributed by atoms with van der Waals surface area (Å²) in [5, 5.41) is 2.79. The van der Waals surface area contributed by atoms with Crippen LogP contribution in [0.1, 0.15) is 31.9 Å².